The van der Waals surface area contributed by atoms with Crippen LogP contribution in [-0.4, -0.2) is 24.0 Å². The molecule has 1 aliphatic heterocycles. The number of likely N-dealkylation sites (tertiary alicyclic amines) is 1. The molecule has 1 saturated heterocycles. The Morgan fingerprint density at radius 1 is 1.16 bits per heavy atom. The van der Waals surface area contributed by atoms with Gasteiger partial charge in [0.25, 0.3) is 0 Å². The number of benzene rings is 1. The van der Waals surface area contributed by atoms with Gasteiger partial charge in [-0.05, 0) is 38.2 Å². The van der Waals surface area contributed by atoms with Gasteiger partial charge in [-0.15, -0.1) is 0 Å². The highest BCUT2D eigenvalue weighted by Gasteiger charge is 2.47. The third-order valence-electron chi connectivity index (χ3n) is 4.13. The molecule has 0 bridgehead atoms. The van der Waals surface area contributed by atoms with Gasteiger partial charge in [0, 0.05) is 18.7 Å². The van der Waals surface area contributed by atoms with Gasteiger partial charge >= 0.3 is 6.03 Å². The molecule has 1 aliphatic carbocycles. The minimum absolute atomic E-state index is 0.0412. The Labute approximate surface area is 112 Å². The molecule has 2 fully saturated rings. The smallest absolute Gasteiger partial charge is 0.318 e. The van der Waals surface area contributed by atoms with Gasteiger partial charge in [-0.1, -0.05) is 18.2 Å². The van der Waals surface area contributed by atoms with Gasteiger partial charge in [0.1, 0.15) is 5.82 Å². The molecule has 102 valence electrons. The summed E-state index contributed by atoms with van der Waals surface area (Å²) in [6, 6.07) is 6.70. The molecule has 0 atom stereocenters. The van der Waals surface area contributed by atoms with Crippen LogP contribution in [0.1, 0.15) is 37.7 Å². The normalized spacial score (nSPS) is 21.0. The average Bonchev–Trinajstić information content (AvgIpc) is 3.21. The van der Waals surface area contributed by atoms with Crippen molar-refractivity contribution in [2.45, 2.75) is 37.6 Å². The van der Waals surface area contributed by atoms with E-state index in [1.807, 2.05) is 11.0 Å². The number of carbonyl (C=O) groups excluding carboxylic acids is 1. The molecule has 1 heterocycles. The van der Waals surface area contributed by atoms with E-state index < -0.39 is 5.54 Å². The van der Waals surface area contributed by atoms with Crippen molar-refractivity contribution in [3.63, 3.8) is 0 Å². The fourth-order valence-corrected chi connectivity index (χ4v) is 2.82. The quantitative estimate of drug-likeness (QED) is 0.873. The molecule has 3 nitrogen and oxygen atoms in total. The van der Waals surface area contributed by atoms with Crippen LogP contribution < -0.4 is 5.32 Å². The van der Waals surface area contributed by atoms with E-state index in [0.717, 1.165) is 38.8 Å². The molecule has 19 heavy (non-hydrogen) atoms. The van der Waals surface area contributed by atoms with E-state index in [1.165, 1.54) is 12.5 Å². The molecule has 1 N–H and O–H groups in total. The lowest BCUT2D eigenvalue weighted by Crippen LogP contribution is -2.47. The number of piperidine rings is 1. The molecule has 1 saturated carbocycles. The summed E-state index contributed by atoms with van der Waals surface area (Å²) in [5.74, 6) is -0.223. The SMILES string of the molecule is O=C(NC1(c2ccccc2F)CC1)N1CCCCC1. The molecule has 0 spiro atoms. The second-order valence-corrected chi connectivity index (χ2v) is 5.54. The Hall–Kier alpha value is -1.58. The maximum atomic E-state index is 13.9. The van der Waals surface area contributed by atoms with E-state index in [9.17, 15) is 9.18 Å². The number of rotatable bonds is 2. The fourth-order valence-electron chi connectivity index (χ4n) is 2.82. The molecule has 1 aromatic carbocycles. The summed E-state index contributed by atoms with van der Waals surface area (Å²) in [5.41, 5.74) is 0.167. The number of hydrogen-bond donors (Lipinski definition) is 1. The van der Waals surface area contributed by atoms with E-state index >= 15 is 0 Å². The highest BCUT2D eigenvalue weighted by atomic mass is 19.1. The van der Waals surface area contributed by atoms with Crippen molar-refractivity contribution in [2.75, 3.05) is 13.1 Å². The summed E-state index contributed by atoms with van der Waals surface area (Å²) in [6.07, 6.45) is 4.99. The largest absolute Gasteiger partial charge is 0.328 e. The lowest BCUT2D eigenvalue weighted by Gasteiger charge is -2.29. The average molecular weight is 262 g/mol. The van der Waals surface area contributed by atoms with E-state index in [-0.39, 0.29) is 11.8 Å². The predicted octanol–water partition coefficient (Wildman–Crippen LogP) is 3.01. The Bertz CT molecular complexity index is 479. The van der Waals surface area contributed by atoms with Crippen molar-refractivity contribution in [3.8, 4) is 0 Å². The van der Waals surface area contributed by atoms with Gasteiger partial charge in [0.2, 0.25) is 0 Å². The van der Waals surface area contributed by atoms with Crippen molar-refractivity contribution < 1.29 is 9.18 Å². The van der Waals surface area contributed by atoms with Crippen molar-refractivity contribution in [2.24, 2.45) is 0 Å². The molecular formula is C15H19FN2O. The van der Waals surface area contributed by atoms with Crippen molar-refractivity contribution in [1.82, 2.24) is 10.2 Å². The van der Waals surface area contributed by atoms with Gasteiger partial charge in [-0.3, -0.25) is 0 Å². The number of amides is 2. The molecular weight excluding hydrogens is 243 g/mol. The third-order valence-corrected chi connectivity index (χ3v) is 4.13. The van der Waals surface area contributed by atoms with Crippen LogP contribution in [0.2, 0.25) is 0 Å². The standard InChI is InChI=1S/C15H19FN2O/c16-13-7-3-2-6-12(13)15(8-9-15)17-14(19)18-10-4-1-5-11-18/h2-3,6-7H,1,4-5,8-11H2,(H,17,19). The second-order valence-electron chi connectivity index (χ2n) is 5.54. The number of hydrogen-bond acceptors (Lipinski definition) is 1. The molecule has 4 heteroatoms. The summed E-state index contributed by atoms with van der Waals surface area (Å²) in [6.45, 7) is 1.64. The van der Waals surface area contributed by atoms with Crippen molar-refractivity contribution in [1.29, 1.82) is 0 Å². The Morgan fingerprint density at radius 2 is 1.84 bits per heavy atom. The van der Waals surface area contributed by atoms with E-state index in [4.69, 9.17) is 0 Å². The molecule has 0 aromatic heterocycles. The van der Waals surface area contributed by atoms with Crippen LogP contribution in [0, 0.1) is 5.82 Å². The zero-order valence-electron chi connectivity index (χ0n) is 11.0. The van der Waals surface area contributed by atoms with Gasteiger partial charge < -0.3 is 10.2 Å². The minimum atomic E-state index is -0.458. The van der Waals surface area contributed by atoms with Crippen LogP contribution in [0.5, 0.6) is 0 Å². The number of nitrogens with zero attached hydrogens (tertiary/aromatic N) is 1. The van der Waals surface area contributed by atoms with Gasteiger partial charge in [-0.2, -0.15) is 0 Å². The highest BCUT2D eigenvalue weighted by molar-refractivity contribution is 5.76. The zero-order valence-corrected chi connectivity index (χ0v) is 11.0. The van der Waals surface area contributed by atoms with Gasteiger partial charge in [0.05, 0.1) is 5.54 Å². The monoisotopic (exact) mass is 262 g/mol. The first-order valence-corrected chi connectivity index (χ1v) is 7.03. The second kappa shape index (κ2) is 4.83. The van der Waals surface area contributed by atoms with Crippen LogP contribution in [0.15, 0.2) is 24.3 Å². The molecule has 2 amide bonds. The summed E-state index contributed by atoms with van der Waals surface area (Å²) in [5, 5.41) is 3.04. The van der Waals surface area contributed by atoms with Crippen LogP contribution >= 0.6 is 0 Å². The molecule has 1 aromatic rings. The Balaban J connectivity index is 1.72. The third kappa shape index (κ3) is 2.44. The van der Waals surface area contributed by atoms with E-state index in [2.05, 4.69) is 5.32 Å². The maximum absolute atomic E-state index is 13.9. The lowest BCUT2D eigenvalue weighted by molar-refractivity contribution is 0.181. The van der Waals surface area contributed by atoms with E-state index in [0.29, 0.717) is 5.56 Å². The first kappa shape index (κ1) is 12.5. The van der Waals surface area contributed by atoms with Crippen LogP contribution in [0.4, 0.5) is 9.18 Å². The number of nitrogens with one attached hydrogen (secondary N) is 1. The molecule has 0 unspecified atom stereocenters. The first-order valence-electron chi connectivity index (χ1n) is 7.03. The van der Waals surface area contributed by atoms with E-state index in [1.54, 1.807) is 12.1 Å². The summed E-state index contributed by atoms with van der Waals surface area (Å²) >= 11 is 0. The van der Waals surface area contributed by atoms with Crippen LogP contribution in [-0.2, 0) is 5.54 Å². The fraction of sp³-hybridized carbons (Fsp3) is 0.533. The summed E-state index contributed by atoms with van der Waals surface area (Å²) < 4.78 is 13.9. The number of carbonyl (C=O) groups is 1. The lowest BCUT2D eigenvalue weighted by atomic mass is 10.0. The van der Waals surface area contributed by atoms with Gasteiger partial charge in [0.15, 0.2) is 0 Å². The topological polar surface area (TPSA) is 32.3 Å². The summed E-state index contributed by atoms with van der Waals surface area (Å²) in [4.78, 5) is 14.1. The summed E-state index contributed by atoms with van der Waals surface area (Å²) in [7, 11) is 0. The first-order chi connectivity index (χ1) is 9.21. The van der Waals surface area contributed by atoms with Crippen molar-refractivity contribution >= 4 is 6.03 Å². The maximum Gasteiger partial charge on any atom is 0.318 e. The minimum Gasteiger partial charge on any atom is -0.328 e. The van der Waals surface area contributed by atoms with Crippen molar-refractivity contribution in [3.05, 3.63) is 35.6 Å². The Morgan fingerprint density at radius 3 is 2.47 bits per heavy atom. The van der Waals surface area contributed by atoms with Crippen LogP contribution in [0.3, 0.4) is 0 Å². The number of halogens is 1. The highest BCUT2D eigenvalue weighted by Crippen LogP contribution is 2.46. The molecule has 2 aliphatic rings. The predicted molar refractivity (Wildman–Crippen MR) is 71.3 cm³/mol. The molecule has 3 rings (SSSR count). The Kier molecular flexibility index (Phi) is 3.17. The molecule has 0 radical (unpaired) electrons. The number of urea groups is 1. The zero-order chi connectivity index (χ0) is 13.3. The van der Waals surface area contributed by atoms with Gasteiger partial charge in [-0.25, -0.2) is 9.18 Å². The van der Waals surface area contributed by atoms with Crippen LogP contribution in [0.25, 0.3) is 0 Å².